The molecule has 5 nitrogen and oxygen atoms in total. The lowest BCUT2D eigenvalue weighted by Crippen LogP contribution is -2.47. The van der Waals surface area contributed by atoms with Gasteiger partial charge in [0.15, 0.2) is 6.04 Å². The molecule has 0 saturated carbocycles. The van der Waals surface area contributed by atoms with Gasteiger partial charge >= 0.3 is 5.97 Å². The number of carboxylic acids is 1. The first-order valence-electron chi connectivity index (χ1n) is 5.84. The van der Waals surface area contributed by atoms with Crippen molar-refractivity contribution in [1.82, 2.24) is 5.32 Å². The van der Waals surface area contributed by atoms with Gasteiger partial charge in [0.05, 0.1) is 9.89 Å². The van der Waals surface area contributed by atoms with Gasteiger partial charge in [-0.1, -0.05) is 0 Å². The van der Waals surface area contributed by atoms with Crippen molar-refractivity contribution in [3.63, 3.8) is 0 Å². The molecule has 0 fully saturated rings. The van der Waals surface area contributed by atoms with E-state index in [-0.39, 0.29) is 12.3 Å². The van der Waals surface area contributed by atoms with E-state index in [1.807, 2.05) is 12.1 Å². The van der Waals surface area contributed by atoms with Crippen LogP contribution in [0.1, 0.15) is 24.6 Å². The van der Waals surface area contributed by atoms with E-state index in [4.69, 9.17) is 5.11 Å². The zero-order chi connectivity index (χ0) is 14.4. The first-order valence-corrected chi connectivity index (χ1v) is 7.45. The van der Waals surface area contributed by atoms with Gasteiger partial charge in [-0.2, -0.15) is 0 Å². The van der Waals surface area contributed by atoms with Gasteiger partial charge in [0.25, 0.3) is 0 Å². The number of amides is 1. The largest absolute Gasteiger partial charge is 0.480 e. The molecular formula is C12H16BrNO4S. The van der Waals surface area contributed by atoms with Crippen LogP contribution in [0.15, 0.2) is 15.9 Å². The van der Waals surface area contributed by atoms with Crippen LogP contribution in [0.5, 0.6) is 0 Å². The van der Waals surface area contributed by atoms with Gasteiger partial charge in [-0.05, 0) is 47.8 Å². The van der Waals surface area contributed by atoms with Crippen molar-refractivity contribution in [1.29, 1.82) is 0 Å². The number of halogens is 1. The van der Waals surface area contributed by atoms with Crippen molar-refractivity contribution >= 4 is 39.1 Å². The Morgan fingerprint density at radius 2 is 2.16 bits per heavy atom. The van der Waals surface area contributed by atoms with E-state index in [1.54, 1.807) is 11.3 Å². The SMILES string of the molecule is CC(O)C(NC(=O)CCCc1ccc(Br)s1)C(=O)O. The summed E-state index contributed by atoms with van der Waals surface area (Å²) in [4.78, 5) is 23.5. The number of hydrogen-bond donors (Lipinski definition) is 3. The fourth-order valence-electron chi connectivity index (χ4n) is 1.54. The summed E-state index contributed by atoms with van der Waals surface area (Å²) in [6.07, 6.45) is 0.544. The Kier molecular flexibility index (Phi) is 6.47. The summed E-state index contributed by atoms with van der Waals surface area (Å²) in [7, 11) is 0. The van der Waals surface area contributed by atoms with Crippen LogP contribution in [-0.2, 0) is 16.0 Å². The second-order valence-corrected chi connectivity index (χ2v) is 6.73. The molecule has 0 aromatic carbocycles. The van der Waals surface area contributed by atoms with Crippen LogP contribution >= 0.6 is 27.3 Å². The van der Waals surface area contributed by atoms with Gasteiger partial charge in [-0.15, -0.1) is 11.3 Å². The molecule has 0 aliphatic rings. The lowest BCUT2D eigenvalue weighted by Gasteiger charge is -2.16. The van der Waals surface area contributed by atoms with E-state index in [9.17, 15) is 14.7 Å². The molecule has 1 aromatic heterocycles. The van der Waals surface area contributed by atoms with Crippen molar-refractivity contribution in [2.24, 2.45) is 0 Å². The third-order valence-corrected chi connectivity index (χ3v) is 4.20. The first-order chi connectivity index (χ1) is 8.90. The molecule has 1 aromatic rings. The summed E-state index contributed by atoms with van der Waals surface area (Å²) < 4.78 is 1.05. The third kappa shape index (κ3) is 5.71. The Morgan fingerprint density at radius 1 is 1.47 bits per heavy atom. The molecule has 0 radical (unpaired) electrons. The van der Waals surface area contributed by atoms with Crippen LogP contribution in [-0.4, -0.2) is 34.2 Å². The maximum atomic E-state index is 11.6. The average molecular weight is 350 g/mol. The number of carbonyl (C=O) groups is 2. The van der Waals surface area contributed by atoms with Crippen LogP contribution in [0.25, 0.3) is 0 Å². The molecule has 1 heterocycles. The quantitative estimate of drug-likeness (QED) is 0.700. The molecule has 1 rings (SSSR count). The van der Waals surface area contributed by atoms with Crippen molar-refractivity contribution in [2.75, 3.05) is 0 Å². The molecule has 106 valence electrons. The van der Waals surface area contributed by atoms with Gasteiger partial charge in [-0.25, -0.2) is 4.79 Å². The fourth-order valence-corrected chi connectivity index (χ4v) is 3.07. The van der Waals surface area contributed by atoms with E-state index in [1.165, 1.54) is 11.8 Å². The minimum atomic E-state index is -1.25. The number of aliphatic carboxylic acids is 1. The number of thiophene rings is 1. The van der Waals surface area contributed by atoms with Crippen LogP contribution in [0.3, 0.4) is 0 Å². The summed E-state index contributed by atoms with van der Waals surface area (Å²) in [6, 6.07) is 2.69. The predicted octanol–water partition coefficient (Wildman–Crippen LogP) is 1.78. The zero-order valence-corrected chi connectivity index (χ0v) is 12.8. The molecule has 0 aliphatic heterocycles. The summed E-state index contributed by atoms with van der Waals surface area (Å²) in [5.41, 5.74) is 0. The molecule has 0 bridgehead atoms. The highest BCUT2D eigenvalue weighted by Gasteiger charge is 2.24. The van der Waals surface area contributed by atoms with E-state index < -0.39 is 18.1 Å². The van der Waals surface area contributed by atoms with E-state index in [0.717, 1.165) is 10.2 Å². The molecule has 3 N–H and O–H groups in total. The van der Waals surface area contributed by atoms with Gasteiger partial charge in [-0.3, -0.25) is 4.79 Å². The summed E-state index contributed by atoms with van der Waals surface area (Å²) in [5.74, 6) is -1.59. The zero-order valence-electron chi connectivity index (χ0n) is 10.4. The van der Waals surface area contributed by atoms with Crippen molar-refractivity contribution in [3.8, 4) is 0 Å². The predicted molar refractivity (Wildman–Crippen MR) is 76.2 cm³/mol. The molecule has 1 amide bonds. The molecule has 19 heavy (non-hydrogen) atoms. The molecule has 2 unspecified atom stereocenters. The standard InChI is InChI=1S/C12H16BrNO4S/c1-7(15)11(12(17)18)14-10(16)4-2-3-8-5-6-9(13)19-8/h5-7,11,15H,2-4H2,1H3,(H,14,16)(H,17,18). The minimum absolute atomic E-state index is 0.242. The topological polar surface area (TPSA) is 86.6 Å². The average Bonchev–Trinajstić information content (AvgIpc) is 2.71. The van der Waals surface area contributed by atoms with Gasteiger partial charge < -0.3 is 15.5 Å². The Labute approximate surface area is 123 Å². The van der Waals surface area contributed by atoms with Crippen molar-refractivity contribution in [3.05, 3.63) is 20.8 Å². The van der Waals surface area contributed by atoms with Crippen LogP contribution in [0, 0.1) is 0 Å². The smallest absolute Gasteiger partial charge is 0.328 e. The summed E-state index contributed by atoms with van der Waals surface area (Å²) >= 11 is 4.98. The monoisotopic (exact) mass is 349 g/mol. The van der Waals surface area contributed by atoms with Gasteiger partial charge in [0.2, 0.25) is 5.91 Å². The Bertz CT molecular complexity index is 447. The number of aryl methyl sites for hydroxylation is 1. The lowest BCUT2D eigenvalue weighted by atomic mass is 10.1. The lowest BCUT2D eigenvalue weighted by molar-refractivity contribution is -0.144. The van der Waals surface area contributed by atoms with E-state index in [2.05, 4.69) is 21.2 Å². The molecule has 0 aliphatic carbocycles. The van der Waals surface area contributed by atoms with Crippen LogP contribution in [0.2, 0.25) is 0 Å². The minimum Gasteiger partial charge on any atom is -0.480 e. The number of nitrogens with one attached hydrogen (secondary N) is 1. The number of aliphatic hydroxyl groups excluding tert-OH is 1. The van der Waals surface area contributed by atoms with Crippen LogP contribution in [0.4, 0.5) is 0 Å². The van der Waals surface area contributed by atoms with Gasteiger partial charge in [0, 0.05) is 11.3 Å². The molecule has 0 saturated heterocycles. The van der Waals surface area contributed by atoms with Gasteiger partial charge in [0.1, 0.15) is 0 Å². The summed E-state index contributed by atoms with van der Waals surface area (Å²) in [5, 5.41) is 20.4. The van der Waals surface area contributed by atoms with E-state index in [0.29, 0.717) is 6.42 Å². The van der Waals surface area contributed by atoms with Crippen molar-refractivity contribution < 1.29 is 19.8 Å². The Hall–Kier alpha value is -0.920. The number of aliphatic hydroxyl groups is 1. The normalized spacial score (nSPS) is 13.8. The van der Waals surface area contributed by atoms with E-state index >= 15 is 0 Å². The molecule has 2 atom stereocenters. The van der Waals surface area contributed by atoms with Crippen LogP contribution < -0.4 is 5.32 Å². The third-order valence-electron chi connectivity index (χ3n) is 2.52. The molecule has 0 spiro atoms. The highest BCUT2D eigenvalue weighted by molar-refractivity contribution is 9.11. The Balaban J connectivity index is 2.33. The Morgan fingerprint density at radius 3 is 2.63 bits per heavy atom. The highest BCUT2D eigenvalue weighted by atomic mass is 79.9. The van der Waals surface area contributed by atoms with Crippen molar-refractivity contribution in [2.45, 2.75) is 38.3 Å². The maximum absolute atomic E-state index is 11.6. The molecule has 7 heteroatoms. The molecular weight excluding hydrogens is 334 g/mol. The number of hydrogen-bond acceptors (Lipinski definition) is 4. The first kappa shape index (κ1) is 16.1. The second kappa shape index (κ2) is 7.62. The number of carboxylic acid groups (broad SMARTS) is 1. The number of carbonyl (C=O) groups excluding carboxylic acids is 1. The maximum Gasteiger partial charge on any atom is 0.328 e. The number of rotatable bonds is 7. The summed E-state index contributed by atoms with van der Waals surface area (Å²) in [6.45, 7) is 1.34. The highest BCUT2D eigenvalue weighted by Crippen LogP contribution is 2.23. The fraction of sp³-hybridized carbons (Fsp3) is 0.500. The second-order valence-electron chi connectivity index (χ2n) is 4.18.